The number of ether oxygens (including phenoxy) is 3. The van der Waals surface area contributed by atoms with Gasteiger partial charge in [-0.3, -0.25) is 4.79 Å². The maximum absolute atomic E-state index is 13.7. The fourth-order valence-corrected chi connectivity index (χ4v) is 5.03. The number of aromatic nitrogens is 1. The minimum Gasteiger partial charge on any atom is -0.504 e. The molecule has 2 heterocycles. The lowest BCUT2D eigenvalue weighted by atomic mass is 9.72. The number of aryl methyl sites for hydroxylation is 1. The van der Waals surface area contributed by atoms with Crippen LogP contribution in [0.25, 0.3) is 0 Å². The Kier molecular flexibility index (Phi) is 5.43. The van der Waals surface area contributed by atoms with Crippen LogP contribution in [-0.2, 0) is 4.79 Å². The highest BCUT2D eigenvalue weighted by Crippen LogP contribution is 2.51. The van der Waals surface area contributed by atoms with Crippen LogP contribution in [0.15, 0.2) is 52.2 Å². The first-order valence-corrected chi connectivity index (χ1v) is 11.0. The molecule has 0 unspecified atom stereocenters. The average Bonchev–Trinajstić information content (AvgIpc) is 3.22. The van der Waals surface area contributed by atoms with E-state index >= 15 is 0 Å². The standard InChI is InChI=1S/C26H26N2O6/c1-13-23-24(17-12-16(31-2)6-8-21(17)32-3)25-18(27-26(23)34-28-13)9-15(10-20(25)30)14-5-7-19(29)22(11-14)33-4/h5-8,11-12,15,24,27,29H,9-10H2,1-4H3/t15-,24+/m1/s1. The summed E-state index contributed by atoms with van der Waals surface area (Å²) in [5.74, 6) is 1.87. The summed E-state index contributed by atoms with van der Waals surface area (Å²) in [7, 11) is 4.73. The van der Waals surface area contributed by atoms with Crippen molar-refractivity contribution in [1.29, 1.82) is 0 Å². The molecule has 5 rings (SSSR count). The van der Waals surface area contributed by atoms with E-state index in [1.165, 1.54) is 7.11 Å². The zero-order valence-corrected chi connectivity index (χ0v) is 19.5. The number of benzene rings is 2. The number of fused-ring (bicyclic) bond motifs is 1. The maximum Gasteiger partial charge on any atom is 0.233 e. The van der Waals surface area contributed by atoms with Gasteiger partial charge in [0.25, 0.3) is 0 Å². The summed E-state index contributed by atoms with van der Waals surface area (Å²) in [6, 6.07) is 10.8. The third-order valence-corrected chi connectivity index (χ3v) is 6.68. The van der Waals surface area contributed by atoms with Gasteiger partial charge in [-0.15, -0.1) is 0 Å². The predicted molar refractivity (Wildman–Crippen MR) is 125 cm³/mol. The number of Topliss-reactive ketones (excluding diaryl/α,β-unsaturated/α-hetero) is 1. The number of hydrogen-bond acceptors (Lipinski definition) is 8. The largest absolute Gasteiger partial charge is 0.504 e. The highest BCUT2D eigenvalue weighted by atomic mass is 16.5. The zero-order valence-electron chi connectivity index (χ0n) is 19.5. The van der Waals surface area contributed by atoms with Crippen LogP contribution in [0.5, 0.6) is 23.0 Å². The Labute approximate surface area is 197 Å². The van der Waals surface area contributed by atoms with Crippen molar-refractivity contribution in [3.63, 3.8) is 0 Å². The van der Waals surface area contributed by atoms with Crippen molar-refractivity contribution in [1.82, 2.24) is 5.16 Å². The van der Waals surface area contributed by atoms with Crippen molar-refractivity contribution in [2.75, 3.05) is 26.6 Å². The van der Waals surface area contributed by atoms with Crippen molar-refractivity contribution in [2.45, 2.75) is 31.6 Å². The van der Waals surface area contributed by atoms with Crippen molar-refractivity contribution < 1.29 is 28.6 Å². The molecule has 3 aromatic rings. The number of aromatic hydroxyl groups is 1. The number of nitrogens with zero attached hydrogens (tertiary/aromatic N) is 1. The number of methoxy groups -OCH3 is 3. The third-order valence-electron chi connectivity index (χ3n) is 6.68. The molecule has 1 aromatic heterocycles. The number of nitrogens with one attached hydrogen (secondary N) is 1. The second-order valence-electron chi connectivity index (χ2n) is 8.53. The first kappa shape index (κ1) is 21.9. The molecule has 34 heavy (non-hydrogen) atoms. The molecule has 1 aliphatic heterocycles. The maximum atomic E-state index is 13.7. The highest BCUT2D eigenvalue weighted by molar-refractivity contribution is 6.01. The van der Waals surface area contributed by atoms with Gasteiger partial charge in [-0.2, -0.15) is 0 Å². The monoisotopic (exact) mass is 462 g/mol. The van der Waals surface area contributed by atoms with Gasteiger partial charge in [0.1, 0.15) is 11.5 Å². The van der Waals surface area contributed by atoms with Gasteiger partial charge in [0, 0.05) is 23.3 Å². The molecular weight excluding hydrogens is 436 g/mol. The van der Waals surface area contributed by atoms with Crippen LogP contribution in [0, 0.1) is 6.92 Å². The van der Waals surface area contributed by atoms with Crippen molar-refractivity contribution in [2.24, 2.45) is 0 Å². The number of carbonyl (C=O) groups is 1. The Balaban J connectivity index is 1.64. The third kappa shape index (κ3) is 3.46. The second-order valence-corrected chi connectivity index (χ2v) is 8.53. The van der Waals surface area contributed by atoms with Crippen molar-refractivity contribution in [3.05, 3.63) is 70.1 Å². The van der Waals surface area contributed by atoms with Crippen LogP contribution in [0.4, 0.5) is 5.88 Å². The number of allylic oxidation sites excluding steroid dienone is 2. The summed E-state index contributed by atoms with van der Waals surface area (Å²) in [5, 5.41) is 17.5. The Morgan fingerprint density at radius 1 is 1.03 bits per heavy atom. The number of ketones is 1. The molecule has 2 N–H and O–H groups in total. The van der Waals surface area contributed by atoms with Gasteiger partial charge in [0.05, 0.1) is 38.5 Å². The quantitative estimate of drug-likeness (QED) is 0.564. The molecule has 2 aliphatic rings. The molecular formula is C26H26N2O6. The summed E-state index contributed by atoms with van der Waals surface area (Å²) in [4.78, 5) is 13.7. The van der Waals surface area contributed by atoms with Gasteiger partial charge in [-0.1, -0.05) is 11.2 Å². The lowest BCUT2D eigenvalue weighted by molar-refractivity contribution is -0.116. The van der Waals surface area contributed by atoms with E-state index in [4.69, 9.17) is 18.7 Å². The van der Waals surface area contributed by atoms with Crippen LogP contribution < -0.4 is 19.5 Å². The van der Waals surface area contributed by atoms with E-state index in [1.54, 1.807) is 26.4 Å². The SMILES string of the molecule is COc1ccc(OC)c([C@@H]2C3=C(C[C@@H](c4ccc(O)c(OC)c4)CC3=O)Nc3onc(C)c32)c1. The molecule has 176 valence electrons. The number of anilines is 1. The lowest BCUT2D eigenvalue weighted by Gasteiger charge is -2.35. The summed E-state index contributed by atoms with van der Waals surface area (Å²) < 4.78 is 22.0. The molecule has 2 atom stereocenters. The smallest absolute Gasteiger partial charge is 0.233 e. The van der Waals surface area contributed by atoms with E-state index < -0.39 is 5.92 Å². The first-order valence-electron chi connectivity index (χ1n) is 11.0. The van der Waals surface area contributed by atoms with Crippen molar-refractivity contribution >= 4 is 11.7 Å². The molecule has 0 fully saturated rings. The van der Waals surface area contributed by atoms with Crippen LogP contribution >= 0.6 is 0 Å². The van der Waals surface area contributed by atoms with Gasteiger partial charge >= 0.3 is 0 Å². The number of phenols is 1. The minimum atomic E-state index is -0.398. The number of phenolic OH excluding ortho intramolecular Hbond substituents is 1. The summed E-state index contributed by atoms with van der Waals surface area (Å²) in [6.45, 7) is 1.87. The molecule has 1 aliphatic carbocycles. The Morgan fingerprint density at radius 2 is 1.82 bits per heavy atom. The van der Waals surface area contributed by atoms with Gasteiger partial charge < -0.3 is 29.2 Å². The number of carbonyl (C=O) groups excluding carboxylic acids is 1. The lowest BCUT2D eigenvalue weighted by Crippen LogP contribution is -2.29. The van der Waals surface area contributed by atoms with Crippen LogP contribution in [0.3, 0.4) is 0 Å². The fraction of sp³-hybridized carbons (Fsp3) is 0.308. The molecule has 0 amide bonds. The molecule has 0 bridgehead atoms. The molecule has 8 nitrogen and oxygen atoms in total. The molecule has 0 spiro atoms. The molecule has 2 aromatic carbocycles. The minimum absolute atomic E-state index is 0.0342. The normalized spacial score (nSPS) is 19.2. The van der Waals surface area contributed by atoms with Crippen LogP contribution in [0.2, 0.25) is 0 Å². The van der Waals surface area contributed by atoms with E-state index in [0.717, 1.165) is 22.4 Å². The number of rotatable bonds is 5. The predicted octanol–water partition coefficient (Wildman–Crippen LogP) is 4.67. The fourth-order valence-electron chi connectivity index (χ4n) is 5.03. The summed E-state index contributed by atoms with van der Waals surface area (Å²) in [6.07, 6.45) is 0.924. The van der Waals surface area contributed by atoms with Crippen molar-refractivity contribution in [3.8, 4) is 23.0 Å². The van der Waals surface area contributed by atoms with Gasteiger partial charge in [-0.05, 0) is 55.2 Å². The summed E-state index contributed by atoms with van der Waals surface area (Å²) in [5.41, 5.74) is 4.76. The molecule has 0 saturated carbocycles. The zero-order chi connectivity index (χ0) is 24.0. The number of hydrogen-bond donors (Lipinski definition) is 2. The Morgan fingerprint density at radius 3 is 2.56 bits per heavy atom. The summed E-state index contributed by atoms with van der Waals surface area (Å²) >= 11 is 0. The first-order chi connectivity index (χ1) is 16.4. The second kappa shape index (κ2) is 8.44. The van der Waals surface area contributed by atoms with Crippen LogP contribution in [0.1, 0.15) is 47.1 Å². The van der Waals surface area contributed by atoms with E-state index in [9.17, 15) is 9.90 Å². The van der Waals surface area contributed by atoms with Crippen LogP contribution in [-0.4, -0.2) is 37.4 Å². The van der Waals surface area contributed by atoms with Gasteiger partial charge in [0.2, 0.25) is 5.88 Å². The topological polar surface area (TPSA) is 103 Å². The molecule has 0 radical (unpaired) electrons. The molecule has 0 saturated heterocycles. The average molecular weight is 463 g/mol. The molecule has 8 heteroatoms. The van der Waals surface area contributed by atoms with Gasteiger partial charge in [-0.25, -0.2) is 0 Å². The van der Waals surface area contributed by atoms with E-state index in [-0.39, 0.29) is 17.5 Å². The highest BCUT2D eigenvalue weighted by Gasteiger charge is 2.42. The van der Waals surface area contributed by atoms with E-state index in [0.29, 0.717) is 47.2 Å². The van der Waals surface area contributed by atoms with Gasteiger partial charge in [0.15, 0.2) is 17.3 Å². The van der Waals surface area contributed by atoms with E-state index in [1.807, 2.05) is 31.2 Å². The Bertz CT molecular complexity index is 1310. The van der Waals surface area contributed by atoms with E-state index in [2.05, 4.69) is 10.5 Å². The Hall–Kier alpha value is -3.94.